The molecule has 8 heteroatoms. The molecular weight excluding hydrogens is 320 g/mol. The average molecular weight is 335 g/mol. The Morgan fingerprint density at radius 2 is 2.09 bits per heavy atom. The van der Waals surface area contributed by atoms with Crippen molar-refractivity contribution in [2.45, 2.75) is 19.9 Å². The predicted molar refractivity (Wildman–Crippen MR) is 87.1 cm³/mol. The third-order valence-electron chi connectivity index (χ3n) is 4.00. The highest BCUT2D eigenvalue weighted by Crippen LogP contribution is 2.35. The molecule has 2 aromatic rings. The van der Waals surface area contributed by atoms with Crippen LogP contribution in [0.15, 0.2) is 23.0 Å². The lowest BCUT2D eigenvalue weighted by atomic mass is 10.0. The Kier molecular flexibility index (Phi) is 3.81. The summed E-state index contributed by atoms with van der Waals surface area (Å²) in [5.41, 5.74) is 3.10. The highest BCUT2D eigenvalue weighted by Gasteiger charge is 2.23. The topological polar surface area (TPSA) is 81.3 Å². The molecule has 0 unspecified atom stereocenters. The van der Waals surface area contributed by atoms with E-state index in [1.54, 1.807) is 20.0 Å². The van der Waals surface area contributed by atoms with E-state index >= 15 is 0 Å². The zero-order chi connectivity index (χ0) is 16.7. The second-order valence-corrected chi connectivity index (χ2v) is 6.01. The molecule has 1 aromatic carbocycles. The number of benzene rings is 1. The van der Waals surface area contributed by atoms with Gasteiger partial charge in [0, 0.05) is 50.3 Å². The van der Waals surface area contributed by atoms with Crippen molar-refractivity contribution in [3.05, 3.63) is 60.5 Å². The lowest BCUT2D eigenvalue weighted by Gasteiger charge is -2.31. The van der Waals surface area contributed by atoms with Crippen LogP contribution in [-0.2, 0) is 20.0 Å². The van der Waals surface area contributed by atoms with Crippen molar-refractivity contribution in [1.82, 2.24) is 9.78 Å². The summed E-state index contributed by atoms with van der Waals surface area (Å²) < 4.78 is 1.33. The monoisotopic (exact) mass is 334 g/mol. The molecule has 0 spiro atoms. The highest BCUT2D eigenvalue weighted by molar-refractivity contribution is 6.33. The third-order valence-corrected chi connectivity index (χ3v) is 4.29. The molecule has 0 saturated carbocycles. The lowest BCUT2D eigenvalue weighted by Crippen LogP contribution is -2.34. The largest absolute Gasteiger partial charge is 0.365 e. The minimum absolute atomic E-state index is 0.0239. The van der Waals surface area contributed by atoms with Crippen LogP contribution in [0.4, 0.5) is 11.4 Å². The number of rotatable bonds is 2. The Bertz CT molecular complexity index is 839. The van der Waals surface area contributed by atoms with Gasteiger partial charge in [0.1, 0.15) is 0 Å². The molecule has 0 bridgehead atoms. The van der Waals surface area contributed by atoms with Crippen LogP contribution in [-0.4, -0.2) is 21.2 Å². The van der Waals surface area contributed by atoms with Crippen molar-refractivity contribution >= 4 is 23.0 Å². The van der Waals surface area contributed by atoms with Crippen LogP contribution >= 0.6 is 11.6 Å². The maximum atomic E-state index is 11.8. The molecule has 0 radical (unpaired) electrons. The Balaban J connectivity index is 1.99. The van der Waals surface area contributed by atoms with E-state index < -0.39 is 4.92 Å². The molecule has 23 heavy (non-hydrogen) atoms. The zero-order valence-electron chi connectivity index (χ0n) is 12.7. The van der Waals surface area contributed by atoms with Crippen molar-refractivity contribution in [2.24, 2.45) is 7.05 Å². The molecule has 1 aliphatic heterocycles. The Morgan fingerprint density at radius 3 is 2.74 bits per heavy atom. The van der Waals surface area contributed by atoms with E-state index in [-0.39, 0.29) is 11.2 Å². The number of nitrogens with zero attached hydrogens (tertiary/aromatic N) is 4. The SMILES string of the molecule is Cc1cc([N+](=O)[O-])cc(Cl)c1N1CCc2nn(C)c(=O)cc2C1. The van der Waals surface area contributed by atoms with Gasteiger partial charge in [0.25, 0.3) is 11.2 Å². The van der Waals surface area contributed by atoms with Gasteiger partial charge in [0.15, 0.2) is 0 Å². The van der Waals surface area contributed by atoms with Crippen LogP contribution < -0.4 is 10.5 Å². The van der Waals surface area contributed by atoms with E-state index in [0.717, 1.165) is 22.5 Å². The van der Waals surface area contributed by atoms with Gasteiger partial charge in [0.2, 0.25) is 0 Å². The summed E-state index contributed by atoms with van der Waals surface area (Å²) in [4.78, 5) is 24.3. The van der Waals surface area contributed by atoms with Gasteiger partial charge < -0.3 is 4.90 Å². The molecule has 1 aliphatic rings. The molecule has 3 rings (SSSR count). The Hall–Kier alpha value is -2.41. The first-order valence-corrected chi connectivity index (χ1v) is 7.50. The van der Waals surface area contributed by atoms with Crippen LogP contribution in [0.25, 0.3) is 0 Å². The van der Waals surface area contributed by atoms with Gasteiger partial charge in [-0.2, -0.15) is 5.10 Å². The molecule has 120 valence electrons. The van der Waals surface area contributed by atoms with Gasteiger partial charge >= 0.3 is 0 Å². The zero-order valence-corrected chi connectivity index (χ0v) is 13.5. The number of hydrogen-bond acceptors (Lipinski definition) is 5. The molecule has 1 aromatic heterocycles. The normalized spacial score (nSPS) is 13.8. The van der Waals surface area contributed by atoms with Crippen molar-refractivity contribution < 1.29 is 4.92 Å². The Labute approximate surface area is 137 Å². The summed E-state index contributed by atoms with van der Waals surface area (Å²) >= 11 is 6.27. The van der Waals surface area contributed by atoms with Crippen molar-refractivity contribution in [1.29, 1.82) is 0 Å². The molecule has 7 nitrogen and oxygen atoms in total. The number of aryl methyl sites for hydroxylation is 2. The van der Waals surface area contributed by atoms with E-state index in [1.807, 2.05) is 4.90 Å². The van der Waals surface area contributed by atoms with E-state index in [4.69, 9.17) is 11.6 Å². The lowest BCUT2D eigenvalue weighted by molar-refractivity contribution is -0.384. The number of hydrogen-bond donors (Lipinski definition) is 0. The van der Waals surface area contributed by atoms with Crippen LogP contribution in [0, 0.1) is 17.0 Å². The third kappa shape index (κ3) is 2.79. The first-order valence-electron chi connectivity index (χ1n) is 7.12. The van der Waals surface area contributed by atoms with Crippen LogP contribution in [0.3, 0.4) is 0 Å². The highest BCUT2D eigenvalue weighted by atomic mass is 35.5. The maximum Gasteiger partial charge on any atom is 0.271 e. The van der Waals surface area contributed by atoms with Crippen LogP contribution in [0.1, 0.15) is 16.8 Å². The number of nitro benzene ring substituents is 1. The second kappa shape index (κ2) is 5.66. The molecule has 0 aliphatic carbocycles. The van der Waals surface area contributed by atoms with Crippen molar-refractivity contribution in [3.8, 4) is 0 Å². The van der Waals surface area contributed by atoms with Gasteiger partial charge in [0.05, 0.1) is 21.3 Å². The van der Waals surface area contributed by atoms with Crippen molar-refractivity contribution in [2.75, 3.05) is 11.4 Å². The van der Waals surface area contributed by atoms with E-state index in [2.05, 4.69) is 5.10 Å². The van der Waals surface area contributed by atoms with Gasteiger partial charge in [-0.15, -0.1) is 0 Å². The minimum Gasteiger partial charge on any atom is -0.365 e. The smallest absolute Gasteiger partial charge is 0.271 e. The summed E-state index contributed by atoms with van der Waals surface area (Å²) in [5.74, 6) is 0. The van der Waals surface area contributed by atoms with E-state index in [9.17, 15) is 14.9 Å². The summed E-state index contributed by atoms with van der Waals surface area (Å²) in [6.07, 6.45) is 0.691. The molecule has 0 N–H and O–H groups in total. The molecular formula is C15H15ClN4O3. The number of nitro groups is 1. The molecule has 0 amide bonds. The van der Waals surface area contributed by atoms with Gasteiger partial charge in [-0.25, -0.2) is 4.68 Å². The van der Waals surface area contributed by atoms with E-state index in [1.165, 1.54) is 16.8 Å². The summed E-state index contributed by atoms with van der Waals surface area (Å²) in [7, 11) is 1.63. The van der Waals surface area contributed by atoms with Gasteiger partial charge in [-0.3, -0.25) is 14.9 Å². The number of non-ortho nitro benzene ring substituents is 1. The fourth-order valence-corrected chi connectivity index (χ4v) is 3.29. The summed E-state index contributed by atoms with van der Waals surface area (Å²) in [6.45, 7) is 3.00. The van der Waals surface area contributed by atoms with Gasteiger partial charge in [-0.05, 0) is 12.5 Å². The number of halogens is 1. The van der Waals surface area contributed by atoms with Crippen LogP contribution in [0.5, 0.6) is 0 Å². The maximum absolute atomic E-state index is 11.8. The average Bonchev–Trinajstić information content (AvgIpc) is 2.47. The number of fused-ring (bicyclic) bond motifs is 1. The standard InChI is InChI=1S/C15H15ClN4O3/c1-9-5-11(20(22)23)7-12(16)15(9)19-4-3-13-10(8-19)6-14(21)18(2)17-13/h5-7H,3-4,8H2,1-2H3. The van der Waals surface area contributed by atoms with Crippen molar-refractivity contribution in [3.63, 3.8) is 0 Å². The molecule has 0 atom stereocenters. The Morgan fingerprint density at radius 1 is 1.35 bits per heavy atom. The van der Waals surface area contributed by atoms with Gasteiger partial charge in [-0.1, -0.05) is 11.6 Å². The number of anilines is 1. The molecule has 2 heterocycles. The summed E-state index contributed by atoms with van der Waals surface area (Å²) in [5, 5.41) is 15.5. The first kappa shape index (κ1) is 15.5. The molecule has 0 fully saturated rings. The molecule has 0 saturated heterocycles. The predicted octanol–water partition coefficient (Wildman–Crippen LogP) is 2.21. The minimum atomic E-state index is -0.457. The van der Waals surface area contributed by atoms with Crippen LogP contribution in [0.2, 0.25) is 5.02 Å². The number of aromatic nitrogens is 2. The quantitative estimate of drug-likeness (QED) is 0.621. The first-order chi connectivity index (χ1) is 10.9. The van der Waals surface area contributed by atoms with E-state index in [0.29, 0.717) is 24.5 Å². The summed E-state index contributed by atoms with van der Waals surface area (Å²) in [6, 6.07) is 4.46. The fourth-order valence-electron chi connectivity index (χ4n) is 2.91. The fraction of sp³-hybridized carbons (Fsp3) is 0.333. The second-order valence-electron chi connectivity index (χ2n) is 5.60.